The molecule has 0 unspecified atom stereocenters. The van der Waals surface area contributed by atoms with Crippen molar-refractivity contribution in [1.82, 2.24) is 16.2 Å². The van der Waals surface area contributed by atoms with Crippen LogP contribution in [0.1, 0.15) is 31.7 Å². The summed E-state index contributed by atoms with van der Waals surface area (Å²) >= 11 is 8.47. The molecule has 1 aromatic rings. The number of hydrogen-bond donors (Lipinski definition) is 3. The topological polar surface area (TPSA) is 53.2 Å². The number of unbranched alkanes of at least 4 members (excludes halogenated alkanes) is 2. The van der Waals surface area contributed by atoms with Gasteiger partial charge in [-0.2, -0.15) is 0 Å². The van der Waals surface area contributed by atoms with Crippen LogP contribution in [0.3, 0.4) is 0 Å². The first-order chi connectivity index (χ1) is 10.1. The van der Waals surface area contributed by atoms with Crippen molar-refractivity contribution in [3.63, 3.8) is 0 Å². The summed E-state index contributed by atoms with van der Waals surface area (Å²) in [5.41, 5.74) is 6.12. The Morgan fingerprint density at radius 3 is 2.76 bits per heavy atom. The fourth-order valence-electron chi connectivity index (χ4n) is 1.56. The van der Waals surface area contributed by atoms with E-state index in [1.165, 1.54) is 12.5 Å². The summed E-state index contributed by atoms with van der Waals surface area (Å²) in [4.78, 5) is 11.6. The van der Waals surface area contributed by atoms with Gasteiger partial charge in [-0.05, 0) is 36.3 Å². The van der Waals surface area contributed by atoms with Crippen LogP contribution in [0.15, 0.2) is 34.8 Å². The van der Waals surface area contributed by atoms with Gasteiger partial charge in [0.15, 0.2) is 5.11 Å². The minimum Gasteiger partial charge on any atom is -0.361 e. The number of hydrogen-bond acceptors (Lipinski definition) is 2. The maximum absolute atomic E-state index is 11.6. The normalized spacial score (nSPS) is 10.4. The van der Waals surface area contributed by atoms with E-state index >= 15 is 0 Å². The van der Waals surface area contributed by atoms with Crippen molar-refractivity contribution in [1.29, 1.82) is 0 Å². The number of carbonyl (C=O) groups excluding carboxylic acids is 1. The molecule has 4 nitrogen and oxygen atoms in total. The van der Waals surface area contributed by atoms with Gasteiger partial charge in [-0.3, -0.25) is 15.6 Å². The van der Waals surface area contributed by atoms with Gasteiger partial charge in [-0.15, -0.1) is 0 Å². The van der Waals surface area contributed by atoms with Gasteiger partial charge in [-0.1, -0.05) is 53.9 Å². The summed E-state index contributed by atoms with van der Waals surface area (Å²) in [6.07, 6.45) is 6.58. The van der Waals surface area contributed by atoms with E-state index in [1.54, 1.807) is 6.08 Å². The molecule has 0 aliphatic rings. The van der Waals surface area contributed by atoms with Crippen LogP contribution in [0.5, 0.6) is 0 Å². The van der Waals surface area contributed by atoms with Gasteiger partial charge in [0.05, 0.1) is 0 Å². The average Bonchev–Trinajstić information content (AvgIpc) is 2.48. The molecule has 3 N–H and O–H groups in total. The Labute approximate surface area is 139 Å². The van der Waals surface area contributed by atoms with Crippen LogP contribution in [0, 0.1) is 0 Å². The van der Waals surface area contributed by atoms with Gasteiger partial charge in [0.2, 0.25) is 0 Å². The molecule has 0 aliphatic carbocycles. The third-order valence-corrected chi connectivity index (χ3v) is 3.65. The molecule has 1 aromatic carbocycles. The molecule has 0 fully saturated rings. The zero-order valence-corrected chi connectivity index (χ0v) is 14.4. The Hall–Kier alpha value is -1.40. The molecule has 0 atom stereocenters. The van der Waals surface area contributed by atoms with Crippen LogP contribution < -0.4 is 16.2 Å². The van der Waals surface area contributed by atoms with Crippen molar-refractivity contribution < 1.29 is 4.79 Å². The lowest BCUT2D eigenvalue weighted by Crippen LogP contribution is -2.46. The third kappa shape index (κ3) is 7.82. The molecular formula is C15H20BrN3OS. The molecule has 21 heavy (non-hydrogen) atoms. The Morgan fingerprint density at radius 1 is 1.29 bits per heavy atom. The monoisotopic (exact) mass is 369 g/mol. The lowest BCUT2D eigenvalue weighted by Gasteiger charge is -2.10. The van der Waals surface area contributed by atoms with E-state index < -0.39 is 0 Å². The van der Waals surface area contributed by atoms with Gasteiger partial charge >= 0.3 is 0 Å². The molecule has 6 heteroatoms. The van der Waals surface area contributed by atoms with Gasteiger partial charge in [0.1, 0.15) is 0 Å². The van der Waals surface area contributed by atoms with Crippen molar-refractivity contribution in [3.8, 4) is 0 Å². The minimum atomic E-state index is -0.261. The Balaban J connectivity index is 2.28. The van der Waals surface area contributed by atoms with E-state index in [0.717, 1.165) is 29.4 Å². The van der Waals surface area contributed by atoms with Crippen LogP contribution in [-0.2, 0) is 4.79 Å². The summed E-state index contributed by atoms with van der Waals surface area (Å²) in [6.45, 7) is 2.95. The molecule has 1 amide bonds. The second kappa shape index (κ2) is 10.3. The van der Waals surface area contributed by atoms with E-state index in [1.807, 2.05) is 24.3 Å². The number of hydrazine groups is 1. The Morgan fingerprint density at radius 2 is 2.05 bits per heavy atom. The van der Waals surface area contributed by atoms with E-state index in [9.17, 15) is 4.79 Å². The molecule has 0 aromatic heterocycles. The van der Waals surface area contributed by atoms with E-state index in [0.29, 0.717) is 5.11 Å². The number of amides is 1. The second-order valence-corrected chi connectivity index (χ2v) is 5.69. The lowest BCUT2D eigenvalue weighted by molar-refractivity contribution is -0.116. The van der Waals surface area contributed by atoms with Crippen LogP contribution in [0.25, 0.3) is 6.08 Å². The third-order valence-electron chi connectivity index (χ3n) is 2.68. The summed E-state index contributed by atoms with van der Waals surface area (Å²) in [7, 11) is 0. The number of nitrogens with one attached hydrogen (secondary N) is 3. The molecule has 0 bridgehead atoms. The fraction of sp³-hybridized carbons (Fsp3) is 0.333. The maximum atomic E-state index is 11.6. The molecule has 0 radical (unpaired) electrons. The minimum absolute atomic E-state index is 0.261. The van der Waals surface area contributed by atoms with Crippen LogP contribution >= 0.6 is 28.1 Å². The maximum Gasteiger partial charge on any atom is 0.262 e. The average molecular weight is 370 g/mol. The molecule has 0 aliphatic heterocycles. The van der Waals surface area contributed by atoms with Gasteiger partial charge in [0, 0.05) is 17.1 Å². The number of rotatable bonds is 6. The zero-order chi connectivity index (χ0) is 15.5. The largest absolute Gasteiger partial charge is 0.361 e. The van der Waals surface area contributed by atoms with Crippen molar-refractivity contribution in [3.05, 3.63) is 40.4 Å². The Bertz CT molecular complexity index is 505. The highest BCUT2D eigenvalue weighted by atomic mass is 79.9. The quantitative estimate of drug-likeness (QED) is 0.312. The highest BCUT2D eigenvalue weighted by molar-refractivity contribution is 9.10. The number of thiocarbonyl (C=S) groups is 1. The smallest absolute Gasteiger partial charge is 0.262 e. The summed E-state index contributed by atoms with van der Waals surface area (Å²) in [6, 6.07) is 7.67. The fourth-order valence-corrected chi connectivity index (χ4v) is 2.13. The highest BCUT2D eigenvalue weighted by Gasteiger charge is 1.98. The van der Waals surface area contributed by atoms with Gasteiger partial charge < -0.3 is 5.32 Å². The molecular weight excluding hydrogens is 350 g/mol. The molecule has 0 heterocycles. The van der Waals surface area contributed by atoms with Crippen molar-refractivity contribution in [2.75, 3.05) is 6.54 Å². The van der Waals surface area contributed by atoms with E-state index in [4.69, 9.17) is 12.2 Å². The number of benzene rings is 1. The Kier molecular flexibility index (Phi) is 8.69. The SMILES string of the molecule is CCCCCNC(=S)NNC(=O)/C=C/c1ccccc1Br. The van der Waals surface area contributed by atoms with Crippen LogP contribution in [0.4, 0.5) is 0 Å². The standard InChI is InChI=1S/C15H20BrN3OS/c1-2-3-6-11-17-15(21)19-18-14(20)10-9-12-7-4-5-8-13(12)16/h4-5,7-10H,2-3,6,11H2,1H3,(H,18,20)(H2,17,19,21)/b10-9+. The number of carbonyl (C=O) groups is 1. The summed E-state index contributed by atoms with van der Waals surface area (Å²) in [5.74, 6) is -0.261. The summed E-state index contributed by atoms with van der Waals surface area (Å²) < 4.78 is 0.940. The predicted molar refractivity (Wildman–Crippen MR) is 94.6 cm³/mol. The first-order valence-corrected chi connectivity index (χ1v) is 8.10. The first-order valence-electron chi connectivity index (χ1n) is 6.90. The zero-order valence-electron chi connectivity index (χ0n) is 12.0. The van der Waals surface area contributed by atoms with Gasteiger partial charge in [-0.25, -0.2) is 0 Å². The molecule has 114 valence electrons. The molecule has 0 saturated heterocycles. The lowest BCUT2D eigenvalue weighted by atomic mass is 10.2. The van der Waals surface area contributed by atoms with Crippen molar-refractivity contribution >= 4 is 45.2 Å². The van der Waals surface area contributed by atoms with Crippen LogP contribution in [0.2, 0.25) is 0 Å². The van der Waals surface area contributed by atoms with Crippen molar-refractivity contribution in [2.45, 2.75) is 26.2 Å². The summed E-state index contributed by atoms with van der Waals surface area (Å²) in [5, 5.41) is 3.45. The molecule has 0 spiro atoms. The second-order valence-electron chi connectivity index (χ2n) is 4.43. The number of halogens is 1. The highest BCUT2D eigenvalue weighted by Crippen LogP contribution is 2.16. The van der Waals surface area contributed by atoms with E-state index in [2.05, 4.69) is 39.0 Å². The predicted octanol–water partition coefficient (Wildman–Crippen LogP) is 3.15. The molecule has 1 rings (SSSR count). The van der Waals surface area contributed by atoms with Gasteiger partial charge in [0.25, 0.3) is 5.91 Å². The van der Waals surface area contributed by atoms with E-state index in [-0.39, 0.29) is 5.91 Å². The first kappa shape index (κ1) is 17.7. The van der Waals surface area contributed by atoms with Crippen LogP contribution in [-0.4, -0.2) is 17.6 Å². The van der Waals surface area contributed by atoms with Crippen molar-refractivity contribution in [2.24, 2.45) is 0 Å². The molecule has 0 saturated carbocycles.